The van der Waals surface area contributed by atoms with E-state index in [1.807, 2.05) is 36.4 Å². The number of hydrogen-bond donors (Lipinski definition) is 2. The van der Waals surface area contributed by atoms with E-state index >= 15 is 0 Å². The highest BCUT2D eigenvalue weighted by molar-refractivity contribution is 5.69. The van der Waals surface area contributed by atoms with Crippen LogP contribution in [0.1, 0.15) is 0 Å². The molecule has 4 heterocycles. The molecule has 0 unspecified atom stereocenters. The minimum atomic E-state index is 0.873. The lowest BCUT2D eigenvalue weighted by Gasteiger charge is -1.92. The number of aromatic nitrogens is 6. The van der Waals surface area contributed by atoms with Crippen molar-refractivity contribution in [1.29, 1.82) is 0 Å². The summed E-state index contributed by atoms with van der Waals surface area (Å²) in [5.74, 6) is 0. The third-order valence-corrected chi connectivity index (χ3v) is 3.40. The fraction of sp³-hybridized carbons (Fsp3) is 0. The van der Waals surface area contributed by atoms with Crippen LogP contribution in [0.4, 0.5) is 0 Å². The van der Waals surface area contributed by atoms with Gasteiger partial charge in [-0.3, -0.25) is 20.2 Å². The van der Waals surface area contributed by atoms with E-state index in [4.69, 9.17) is 0 Å². The second kappa shape index (κ2) is 5.25. The van der Waals surface area contributed by atoms with E-state index < -0.39 is 0 Å². The number of nitrogens with one attached hydrogen (secondary N) is 2. The zero-order valence-corrected chi connectivity index (χ0v) is 11.6. The maximum Gasteiger partial charge on any atom is 0.0928 e. The number of H-pyrrole nitrogens is 2. The SMILES string of the molecule is c1cc(-c2cc(-c3cc(-c4ccncc4)n[nH]3)[nH]n2)ccn1. The monoisotopic (exact) mass is 288 g/mol. The number of hydrogen-bond acceptors (Lipinski definition) is 4. The van der Waals surface area contributed by atoms with Gasteiger partial charge < -0.3 is 0 Å². The number of pyridine rings is 2. The van der Waals surface area contributed by atoms with E-state index in [-0.39, 0.29) is 0 Å². The van der Waals surface area contributed by atoms with Gasteiger partial charge in [0.25, 0.3) is 0 Å². The van der Waals surface area contributed by atoms with Crippen LogP contribution in [0.5, 0.6) is 0 Å². The molecule has 106 valence electrons. The van der Waals surface area contributed by atoms with Gasteiger partial charge in [-0.15, -0.1) is 0 Å². The average Bonchev–Trinajstić information content (AvgIpc) is 3.26. The standard InChI is InChI=1S/C16H12N6/c1-5-17-6-2-11(1)13-9-15(21-19-13)16-10-14(20-22-16)12-3-7-18-8-4-12/h1-10H,(H,19,21)(H,20,22). The molecular formula is C16H12N6. The molecule has 0 bridgehead atoms. The molecule has 0 saturated heterocycles. The van der Waals surface area contributed by atoms with E-state index in [0.29, 0.717) is 0 Å². The van der Waals surface area contributed by atoms with Crippen molar-refractivity contribution in [3.63, 3.8) is 0 Å². The van der Waals surface area contributed by atoms with Gasteiger partial charge in [-0.1, -0.05) is 0 Å². The van der Waals surface area contributed by atoms with Gasteiger partial charge >= 0.3 is 0 Å². The molecule has 6 nitrogen and oxygen atoms in total. The Bertz CT molecular complexity index is 803. The summed E-state index contributed by atoms with van der Waals surface area (Å²) in [5, 5.41) is 14.7. The molecule has 4 rings (SSSR count). The van der Waals surface area contributed by atoms with Crippen LogP contribution in [0.2, 0.25) is 0 Å². The molecule has 22 heavy (non-hydrogen) atoms. The molecule has 0 saturated carbocycles. The van der Waals surface area contributed by atoms with Gasteiger partial charge in [-0.25, -0.2) is 0 Å². The molecule has 0 aromatic carbocycles. The van der Waals surface area contributed by atoms with Gasteiger partial charge in [0.05, 0.1) is 22.8 Å². The Labute approximate surface area is 126 Å². The third kappa shape index (κ3) is 2.26. The Morgan fingerprint density at radius 2 is 1.00 bits per heavy atom. The smallest absolute Gasteiger partial charge is 0.0928 e. The molecule has 0 atom stereocenters. The summed E-state index contributed by atoms with van der Waals surface area (Å²) in [6, 6.07) is 11.7. The summed E-state index contributed by atoms with van der Waals surface area (Å²) in [6.45, 7) is 0. The van der Waals surface area contributed by atoms with Crippen molar-refractivity contribution in [1.82, 2.24) is 30.4 Å². The van der Waals surface area contributed by atoms with E-state index in [1.54, 1.807) is 24.8 Å². The molecule has 0 radical (unpaired) electrons. The second-order valence-electron chi connectivity index (χ2n) is 4.81. The first kappa shape index (κ1) is 12.5. The number of aromatic amines is 2. The van der Waals surface area contributed by atoms with Gasteiger partial charge in [0, 0.05) is 35.9 Å². The first-order chi connectivity index (χ1) is 10.9. The van der Waals surface area contributed by atoms with E-state index in [2.05, 4.69) is 30.4 Å². The average molecular weight is 288 g/mol. The quantitative estimate of drug-likeness (QED) is 0.607. The summed E-state index contributed by atoms with van der Waals surface area (Å²) in [5.41, 5.74) is 5.56. The number of nitrogens with zero attached hydrogens (tertiary/aromatic N) is 4. The van der Waals surface area contributed by atoms with Crippen LogP contribution < -0.4 is 0 Å². The van der Waals surface area contributed by atoms with Gasteiger partial charge in [-0.2, -0.15) is 10.2 Å². The van der Waals surface area contributed by atoms with E-state index in [1.165, 1.54) is 0 Å². The predicted octanol–water partition coefficient (Wildman–Crippen LogP) is 2.92. The lowest BCUT2D eigenvalue weighted by atomic mass is 10.1. The molecule has 0 fully saturated rings. The molecule has 2 N–H and O–H groups in total. The lowest BCUT2D eigenvalue weighted by molar-refractivity contribution is 1.06. The lowest BCUT2D eigenvalue weighted by Crippen LogP contribution is -1.77. The van der Waals surface area contributed by atoms with Crippen LogP contribution in [0, 0.1) is 0 Å². The van der Waals surface area contributed by atoms with Crippen molar-refractivity contribution in [2.24, 2.45) is 0 Å². The van der Waals surface area contributed by atoms with Crippen LogP contribution in [-0.2, 0) is 0 Å². The van der Waals surface area contributed by atoms with Crippen molar-refractivity contribution in [2.75, 3.05) is 0 Å². The summed E-state index contributed by atoms with van der Waals surface area (Å²) < 4.78 is 0. The topological polar surface area (TPSA) is 83.1 Å². The Balaban J connectivity index is 1.66. The highest BCUT2D eigenvalue weighted by Gasteiger charge is 2.09. The van der Waals surface area contributed by atoms with Crippen molar-refractivity contribution < 1.29 is 0 Å². The Kier molecular flexibility index (Phi) is 2.97. The van der Waals surface area contributed by atoms with Gasteiger partial charge in [0.15, 0.2) is 0 Å². The third-order valence-electron chi connectivity index (χ3n) is 3.40. The van der Waals surface area contributed by atoms with Crippen LogP contribution in [0.15, 0.2) is 61.2 Å². The van der Waals surface area contributed by atoms with Crippen molar-refractivity contribution >= 4 is 0 Å². The molecular weight excluding hydrogens is 276 g/mol. The number of rotatable bonds is 3. The van der Waals surface area contributed by atoms with Crippen molar-refractivity contribution in [3.8, 4) is 33.9 Å². The van der Waals surface area contributed by atoms with Crippen LogP contribution in [-0.4, -0.2) is 30.4 Å². The molecule has 0 aliphatic rings. The van der Waals surface area contributed by atoms with E-state index in [9.17, 15) is 0 Å². The fourth-order valence-electron chi connectivity index (χ4n) is 2.26. The molecule has 0 aliphatic heterocycles. The van der Waals surface area contributed by atoms with E-state index in [0.717, 1.165) is 33.9 Å². The fourth-order valence-corrected chi connectivity index (χ4v) is 2.26. The largest absolute Gasteiger partial charge is 0.276 e. The molecule has 0 spiro atoms. The predicted molar refractivity (Wildman–Crippen MR) is 82.6 cm³/mol. The zero-order valence-electron chi connectivity index (χ0n) is 11.6. The summed E-state index contributed by atoms with van der Waals surface area (Å²) >= 11 is 0. The molecule has 4 aromatic rings. The maximum absolute atomic E-state index is 4.33. The zero-order chi connectivity index (χ0) is 14.8. The summed E-state index contributed by atoms with van der Waals surface area (Å²) in [6.07, 6.45) is 7.01. The Hall–Kier alpha value is -3.28. The maximum atomic E-state index is 4.33. The first-order valence-corrected chi connectivity index (χ1v) is 6.82. The first-order valence-electron chi connectivity index (χ1n) is 6.82. The Morgan fingerprint density at radius 3 is 1.41 bits per heavy atom. The molecule has 0 amide bonds. The van der Waals surface area contributed by atoms with Gasteiger partial charge in [0.1, 0.15) is 0 Å². The molecule has 6 heteroatoms. The van der Waals surface area contributed by atoms with Crippen molar-refractivity contribution in [3.05, 3.63) is 61.2 Å². The normalized spacial score (nSPS) is 10.7. The van der Waals surface area contributed by atoms with Crippen molar-refractivity contribution in [2.45, 2.75) is 0 Å². The molecule has 4 aromatic heterocycles. The summed E-state index contributed by atoms with van der Waals surface area (Å²) in [7, 11) is 0. The highest BCUT2D eigenvalue weighted by Crippen LogP contribution is 2.25. The van der Waals surface area contributed by atoms with Crippen LogP contribution in [0.25, 0.3) is 33.9 Å². The highest BCUT2D eigenvalue weighted by atomic mass is 15.2. The second-order valence-corrected chi connectivity index (χ2v) is 4.81. The minimum absolute atomic E-state index is 0.873. The Morgan fingerprint density at radius 1 is 0.591 bits per heavy atom. The van der Waals surface area contributed by atoms with Crippen LogP contribution in [0.3, 0.4) is 0 Å². The van der Waals surface area contributed by atoms with Gasteiger partial charge in [-0.05, 0) is 36.4 Å². The summed E-state index contributed by atoms with van der Waals surface area (Å²) in [4.78, 5) is 8.03. The van der Waals surface area contributed by atoms with Gasteiger partial charge in [0.2, 0.25) is 0 Å². The minimum Gasteiger partial charge on any atom is -0.276 e. The molecule has 0 aliphatic carbocycles. The van der Waals surface area contributed by atoms with Crippen LogP contribution >= 0.6 is 0 Å².